The molecule has 0 saturated carbocycles. The molecule has 5 nitrogen and oxygen atoms in total. The third-order valence-corrected chi connectivity index (χ3v) is 3.79. The molecule has 1 aromatic carbocycles. The summed E-state index contributed by atoms with van der Waals surface area (Å²) in [4.78, 5) is 22.6. The van der Waals surface area contributed by atoms with Gasteiger partial charge < -0.3 is 15.2 Å². The number of carboxylic acids is 2. The van der Waals surface area contributed by atoms with E-state index < -0.39 is 11.9 Å². The third-order valence-electron chi connectivity index (χ3n) is 3.79. The fourth-order valence-corrected chi connectivity index (χ4v) is 2.81. The summed E-state index contributed by atoms with van der Waals surface area (Å²) in [6, 6.07) is 8.59. The summed E-state index contributed by atoms with van der Waals surface area (Å²) in [6.07, 6.45) is 11.0. The number of aliphatic carboxylic acids is 2. The molecule has 24 heavy (non-hydrogen) atoms. The van der Waals surface area contributed by atoms with Crippen LogP contribution in [0.15, 0.2) is 60.2 Å². The maximum Gasteiger partial charge on any atom is 0.328 e. The zero-order chi connectivity index (χ0) is 17.1. The SMILES string of the molecule is C1=CCC2=Cc3[nH]c(c4ccccc34)C2=C1.O=C(O)/C=C\C(=O)O. The molecule has 2 bridgehead atoms. The Kier molecular flexibility index (Phi) is 4.16. The highest BCUT2D eigenvalue weighted by Crippen LogP contribution is 2.40. The Morgan fingerprint density at radius 2 is 1.71 bits per heavy atom. The van der Waals surface area contributed by atoms with Crippen LogP contribution in [0, 0.1) is 0 Å². The number of fused-ring (bicyclic) bond motifs is 7. The standard InChI is InChI=1S/C15H11N.C4H4O4/c1-2-6-11-10(5-1)9-14-12-7-3-4-8-13(12)15(11)16-14;5-3(6)1-2-4(7)8/h1-4,6-9,16H,5H2;1-2H,(H,5,6)(H,7,8)/b;2-1-. The van der Waals surface area contributed by atoms with Crippen molar-refractivity contribution in [2.45, 2.75) is 6.42 Å². The first-order valence-corrected chi connectivity index (χ1v) is 7.39. The van der Waals surface area contributed by atoms with Gasteiger partial charge in [0.05, 0.1) is 5.69 Å². The Balaban J connectivity index is 0.000000183. The van der Waals surface area contributed by atoms with Crippen molar-refractivity contribution in [3.05, 3.63) is 71.6 Å². The highest BCUT2D eigenvalue weighted by atomic mass is 16.4. The summed E-state index contributed by atoms with van der Waals surface area (Å²) in [5.74, 6) is -2.51. The number of H-pyrrole nitrogens is 1. The number of rotatable bonds is 2. The van der Waals surface area contributed by atoms with Crippen LogP contribution in [0.2, 0.25) is 0 Å². The maximum atomic E-state index is 9.55. The van der Waals surface area contributed by atoms with Crippen molar-refractivity contribution in [1.82, 2.24) is 4.98 Å². The lowest BCUT2D eigenvalue weighted by atomic mass is 9.94. The van der Waals surface area contributed by atoms with E-state index in [4.69, 9.17) is 10.2 Å². The minimum absolute atomic E-state index is 0.558. The van der Waals surface area contributed by atoms with E-state index in [0.717, 1.165) is 6.42 Å². The van der Waals surface area contributed by atoms with Gasteiger partial charge in [0.25, 0.3) is 0 Å². The predicted octanol–water partition coefficient (Wildman–Crippen LogP) is 3.62. The van der Waals surface area contributed by atoms with Gasteiger partial charge in [-0.05, 0) is 18.1 Å². The molecule has 120 valence electrons. The Bertz CT molecular complexity index is 925. The van der Waals surface area contributed by atoms with Crippen LogP contribution >= 0.6 is 0 Å². The van der Waals surface area contributed by atoms with Gasteiger partial charge in [-0.1, -0.05) is 42.5 Å². The molecular formula is C19H15NO4. The maximum absolute atomic E-state index is 9.55. The molecule has 1 aromatic heterocycles. The summed E-state index contributed by atoms with van der Waals surface area (Å²) in [7, 11) is 0. The van der Waals surface area contributed by atoms with E-state index in [-0.39, 0.29) is 0 Å². The molecule has 3 N–H and O–H groups in total. The van der Waals surface area contributed by atoms with Gasteiger partial charge in [0.2, 0.25) is 0 Å². The number of carboxylic acid groups (broad SMARTS) is 2. The van der Waals surface area contributed by atoms with Crippen molar-refractivity contribution in [3.63, 3.8) is 0 Å². The molecular weight excluding hydrogens is 306 g/mol. The first kappa shape index (κ1) is 15.6. The Morgan fingerprint density at radius 3 is 2.38 bits per heavy atom. The first-order chi connectivity index (χ1) is 11.6. The van der Waals surface area contributed by atoms with E-state index in [1.54, 1.807) is 0 Å². The van der Waals surface area contributed by atoms with Gasteiger partial charge in [-0.3, -0.25) is 0 Å². The number of nitrogens with one attached hydrogen (secondary N) is 1. The second kappa shape index (κ2) is 6.42. The van der Waals surface area contributed by atoms with E-state index in [2.05, 4.69) is 53.6 Å². The van der Waals surface area contributed by atoms with Crippen molar-refractivity contribution in [3.8, 4) is 0 Å². The first-order valence-electron chi connectivity index (χ1n) is 7.39. The molecule has 2 aromatic rings. The number of allylic oxidation sites excluding steroid dienone is 5. The van der Waals surface area contributed by atoms with E-state index >= 15 is 0 Å². The van der Waals surface area contributed by atoms with Crippen LogP contribution in [-0.2, 0) is 9.59 Å². The average Bonchev–Trinajstić information content (AvgIpc) is 2.88. The van der Waals surface area contributed by atoms with E-state index in [1.807, 2.05) is 0 Å². The number of aromatic amines is 1. The van der Waals surface area contributed by atoms with Crippen LogP contribution in [-0.4, -0.2) is 27.1 Å². The van der Waals surface area contributed by atoms with Gasteiger partial charge in [-0.25, -0.2) is 9.59 Å². The highest BCUT2D eigenvalue weighted by Gasteiger charge is 2.20. The number of hydrogen-bond acceptors (Lipinski definition) is 2. The lowest BCUT2D eigenvalue weighted by Crippen LogP contribution is -1.97. The fourth-order valence-electron chi connectivity index (χ4n) is 2.81. The molecule has 4 rings (SSSR count). The fraction of sp³-hybridized carbons (Fsp3) is 0.0526. The van der Waals surface area contributed by atoms with Crippen molar-refractivity contribution in [2.24, 2.45) is 0 Å². The van der Waals surface area contributed by atoms with Gasteiger partial charge in [-0.2, -0.15) is 0 Å². The molecule has 0 unspecified atom stereocenters. The summed E-state index contributed by atoms with van der Waals surface area (Å²) < 4.78 is 0. The van der Waals surface area contributed by atoms with E-state index in [0.29, 0.717) is 12.2 Å². The predicted molar refractivity (Wildman–Crippen MR) is 92.4 cm³/mol. The van der Waals surface area contributed by atoms with Crippen LogP contribution < -0.4 is 0 Å². The molecule has 0 fully saturated rings. The van der Waals surface area contributed by atoms with E-state index in [9.17, 15) is 9.59 Å². The van der Waals surface area contributed by atoms with Crippen LogP contribution in [0.4, 0.5) is 0 Å². The van der Waals surface area contributed by atoms with Crippen LogP contribution in [0.3, 0.4) is 0 Å². The van der Waals surface area contributed by atoms with Gasteiger partial charge in [0, 0.05) is 34.2 Å². The van der Waals surface area contributed by atoms with Gasteiger partial charge in [0.1, 0.15) is 0 Å². The topological polar surface area (TPSA) is 90.4 Å². The summed E-state index contributed by atoms with van der Waals surface area (Å²) in [5.41, 5.74) is 5.33. The van der Waals surface area contributed by atoms with Crippen molar-refractivity contribution < 1.29 is 19.8 Å². The molecule has 2 heterocycles. The molecule has 0 saturated heterocycles. The molecule has 1 aliphatic carbocycles. The van der Waals surface area contributed by atoms with Crippen LogP contribution in [0.5, 0.6) is 0 Å². The Morgan fingerprint density at radius 1 is 1.04 bits per heavy atom. The molecule has 1 aliphatic heterocycles. The van der Waals surface area contributed by atoms with Gasteiger partial charge in [-0.15, -0.1) is 0 Å². The lowest BCUT2D eigenvalue weighted by molar-refractivity contribution is -0.134. The zero-order valence-electron chi connectivity index (χ0n) is 12.7. The molecule has 2 aliphatic rings. The lowest BCUT2D eigenvalue weighted by Gasteiger charge is -2.15. The Labute approximate surface area is 137 Å². The van der Waals surface area contributed by atoms with Gasteiger partial charge in [0.15, 0.2) is 0 Å². The normalized spacial score (nSPS) is 14.5. The molecule has 0 atom stereocenters. The second-order valence-electron chi connectivity index (χ2n) is 5.35. The molecule has 5 heteroatoms. The quantitative estimate of drug-likeness (QED) is 0.737. The number of carbonyl (C=O) groups is 2. The number of hydrogen-bond donors (Lipinski definition) is 3. The summed E-state index contributed by atoms with van der Waals surface area (Å²) in [5, 5.41) is 18.3. The number of aromatic nitrogens is 1. The van der Waals surface area contributed by atoms with E-state index in [1.165, 1.54) is 33.3 Å². The molecule has 0 amide bonds. The average molecular weight is 321 g/mol. The molecule has 0 spiro atoms. The van der Waals surface area contributed by atoms with Crippen molar-refractivity contribution in [2.75, 3.05) is 0 Å². The van der Waals surface area contributed by atoms with Crippen molar-refractivity contribution in [1.29, 1.82) is 0 Å². The van der Waals surface area contributed by atoms with Crippen LogP contribution in [0.1, 0.15) is 17.8 Å². The third kappa shape index (κ3) is 3.05. The van der Waals surface area contributed by atoms with Crippen molar-refractivity contribution >= 4 is 34.4 Å². The minimum atomic E-state index is -1.26. The monoisotopic (exact) mass is 321 g/mol. The van der Waals surface area contributed by atoms with Gasteiger partial charge >= 0.3 is 11.9 Å². The molecule has 0 radical (unpaired) electrons. The largest absolute Gasteiger partial charge is 0.478 e. The van der Waals surface area contributed by atoms with Crippen LogP contribution in [0.25, 0.3) is 22.4 Å². The zero-order valence-corrected chi connectivity index (χ0v) is 12.7. The minimum Gasteiger partial charge on any atom is -0.478 e. The summed E-state index contributed by atoms with van der Waals surface area (Å²) in [6.45, 7) is 0. The highest BCUT2D eigenvalue weighted by molar-refractivity contribution is 6.06. The number of benzene rings is 1. The Hall–Kier alpha value is -3.34. The summed E-state index contributed by atoms with van der Waals surface area (Å²) >= 11 is 0. The smallest absolute Gasteiger partial charge is 0.328 e. The second-order valence-corrected chi connectivity index (χ2v) is 5.35.